The second-order valence-electron chi connectivity index (χ2n) is 4.10. The first-order valence-electron chi connectivity index (χ1n) is 5.33. The molecule has 1 heterocycles. The summed E-state index contributed by atoms with van der Waals surface area (Å²) in [5.41, 5.74) is 5.56. The Morgan fingerprint density at radius 3 is 2.80 bits per heavy atom. The van der Waals surface area contributed by atoms with Crippen molar-refractivity contribution in [3.8, 4) is 0 Å². The molecular formula is C8H18N4O2S. The van der Waals surface area contributed by atoms with Crippen LogP contribution in [0.1, 0.15) is 12.8 Å². The molecule has 2 rings (SSSR count). The van der Waals surface area contributed by atoms with Gasteiger partial charge in [0, 0.05) is 32.2 Å². The lowest BCUT2D eigenvalue weighted by atomic mass is 10.2. The molecule has 1 aliphatic carbocycles. The van der Waals surface area contributed by atoms with E-state index in [0.29, 0.717) is 26.2 Å². The fourth-order valence-corrected chi connectivity index (χ4v) is 3.42. The summed E-state index contributed by atoms with van der Waals surface area (Å²) in [5, 5.41) is 3.14. The molecule has 0 radical (unpaired) electrons. The Hall–Kier alpha value is -0.210. The molecule has 7 heteroatoms. The Bertz CT molecular complexity index is 315. The largest absolute Gasteiger partial charge is 0.329 e. The summed E-state index contributed by atoms with van der Waals surface area (Å²) in [5.74, 6) is 0. The van der Waals surface area contributed by atoms with E-state index in [1.165, 1.54) is 4.31 Å². The number of rotatable bonds is 4. The van der Waals surface area contributed by atoms with Gasteiger partial charge in [0.25, 0.3) is 10.2 Å². The standard InChI is InChI=1S/C8H18N4O2S/c9-5-8-6-10-3-4-12(8)15(13,14)11-7-1-2-7/h7-8,10-11H,1-6,9H2. The molecule has 0 bridgehead atoms. The number of nitrogens with zero attached hydrogens (tertiary/aromatic N) is 1. The summed E-state index contributed by atoms with van der Waals surface area (Å²) in [6.07, 6.45) is 1.91. The minimum atomic E-state index is -3.32. The van der Waals surface area contributed by atoms with Gasteiger partial charge in [0.1, 0.15) is 0 Å². The zero-order valence-electron chi connectivity index (χ0n) is 8.65. The highest BCUT2D eigenvalue weighted by Gasteiger charge is 2.35. The summed E-state index contributed by atoms with van der Waals surface area (Å²) in [4.78, 5) is 0. The minimum Gasteiger partial charge on any atom is -0.329 e. The van der Waals surface area contributed by atoms with Crippen molar-refractivity contribution in [1.82, 2.24) is 14.3 Å². The lowest BCUT2D eigenvalue weighted by Gasteiger charge is -2.34. The highest BCUT2D eigenvalue weighted by atomic mass is 32.2. The van der Waals surface area contributed by atoms with Crippen LogP contribution >= 0.6 is 0 Å². The third-order valence-electron chi connectivity index (χ3n) is 2.77. The number of hydrogen-bond donors (Lipinski definition) is 3. The van der Waals surface area contributed by atoms with Crippen LogP contribution in [0.4, 0.5) is 0 Å². The van der Waals surface area contributed by atoms with E-state index in [2.05, 4.69) is 10.0 Å². The van der Waals surface area contributed by atoms with Gasteiger partial charge in [0.15, 0.2) is 0 Å². The smallest absolute Gasteiger partial charge is 0.280 e. The van der Waals surface area contributed by atoms with Gasteiger partial charge in [-0.15, -0.1) is 0 Å². The molecule has 0 spiro atoms. The van der Waals surface area contributed by atoms with Crippen LogP contribution in [0.25, 0.3) is 0 Å². The van der Waals surface area contributed by atoms with Crippen molar-refractivity contribution in [2.24, 2.45) is 5.73 Å². The second kappa shape index (κ2) is 4.34. The Labute approximate surface area is 90.4 Å². The van der Waals surface area contributed by atoms with E-state index >= 15 is 0 Å². The van der Waals surface area contributed by atoms with Gasteiger partial charge in [-0.3, -0.25) is 0 Å². The molecule has 4 N–H and O–H groups in total. The number of hydrogen-bond acceptors (Lipinski definition) is 4. The molecule has 1 saturated heterocycles. The second-order valence-corrected chi connectivity index (χ2v) is 5.76. The lowest BCUT2D eigenvalue weighted by molar-refractivity contribution is 0.269. The van der Waals surface area contributed by atoms with E-state index in [0.717, 1.165) is 12.8 Å². The predicted octanol–water partition coefficient (Wildman–Crippen LogP) is -1.78. The Kier molecular flexibility index (Phi) is 3.27. The molecule has 1 aliphatic heterocycles. The molecule has 88 valence electrons. The van der Waals surface area contributed by atoms with Gasteiger partial charge in [0.2, 0.25) is 0 Å². The van der Waals surface area contributed by atoms with Gasteiger partial charge in [-0.25, -0.2) is 0 Å². The molecule has 0 aromatic carbocycles. The quantitative estimate of drug-likeness (QED) is 0.536. The zero-order valence-corrected chi connectivity index (χ0v) is 9.46. The van der Waals surface area contributed by atoms with Crippen LogP contribution in [0.3, 0.4) is 0 Å². The van der Waals surface area contributed by atoms with Crippen molar-refractivity contribution >= 4 is 10.2 Å². The number of nitrogens with one attached hydrogen (secondary N) is 2. The topological polar surface area (TPSA) is 87.5 Å². The van der Waals surface area contributed by atoms with Gasteiger partial charge in [0.05, 0.1) is 6.04 Å². The van der Waals surface area contributed by atoms with Gasteiger partial charge in [-0.1, -0.05) is 0 Å². The van der Waals surface area contributed by atoms with Gasteiger partial charge in [-0.2, -0.15) is 17.4 Å². The fourth-order valence-electron chi connectivity index (χ4n) is 1.74. The maximum atomic E-state index is 11.9. The number of piperazine rings is 1. The summed E-state index contributed by atoms with van der Waals surface area (Å²) < 4.78 is 28.0. The molecule has 0 aromatic rings. The van der Waals surface area contributed by atoms with Crippen LogP contribution < -0.4 is 15.8 Å². The zero-order chi connectivity index (χ0) is 10.9. The maximum absolute atomic E-state index is 11.9. The van der Waals surface area contributed by atoms with E-state index in [1.54, 1.807) is 0 Å². The van der Waals surface area contributed by atoms with Crippen molar-refractivity contribution in [3.63, 3.8) is 0 Å². The monoisotopic (exact) mass is 234 g/mol. The summed E-state index contributed by atoms with van der Waals surface area (Å²) in [7, 11) is -3.32. The number of nitrogens with two attached hydrogens (primary N) is 1. The van der Waals surface area contributed by atoms with E-state index in [1.807, 2.05) is 0 Å². The van der Waals surface area contributed by atoms with Crippen LogP contribution in [0, 0.1) is 0 Å². The van der Waals surface area contributed by atoms with Crippen molar-refractivity contribution in [1.29, 1.82) is 0 Å². The van der Waals surface area contributed by atoms with Crippen LogP contribution in [0.2, 0.25) is 0 Å². The van der Waals surface area contributed by atoms with Gasteiger partial charge in [-0.05, 0) is 12.8 Å². The van der Waals surface area contributed by atoms with E-state index < -0.39 is 10.2 Å². The van der Waals surface area contributed by atoms with Crippen molar-refractivity contribution < 1.29 is 8.42 Å². The lowest BCUT2D eigenvalue weighted by Crippen LogP contribution is -2.59. The maximum Gasteiger partial charge on any atom is 0.280 e. The van der Waals surface area contributed by atoms with Crippen LogP contribution in [0.15, 0.2) is 0 Å². The summed E-state index contributed by atoms with van der Waals surface area (Å²) in [6, 6.07) is 0.0401. The first-order valence-corrected chi connectivity index (χ1v) is 6.77. The van der Waals surface area contributed by atoms with Crippen molar-refractivity contribution in [3.05, 3.63) is 0 Å². The van der Waals surface area contributed by atoms with Crippen LogP contribution in [0.5, 0.6) is 0 Å². The molecule has 15 heavy (non-hydrogen) atoms. The molecule has 2 aliphatic rings. The Balaban J connectivity index is 2.04. The highest BCUT2D eigenvalue weighted by molar-refractivity contribution is 7.87. The van der Waals surface area contributed by atoms with Gasteiger partial charge >= 0.3 is 0 Å². The Morgan fingerprint density at radius 1 is 1.47 bits per heavy atom. The van der Waals surface area contributed by atoms with E-state index in [4.69, 9.17) is 5.73 Å². The minimum absolute atomic E-state index is 0.116. The van der Waals surface area contributed by atoms with Crippen molar-refractivity contribution in [2.45, 2.75) is 24.9 Å². The van der Waals surface area contributed by atoms with E-state index in [-0.39, 0.29) is 12.1 Å². The molecule has 6 nitrogen and oxygen atoms in total. The molecule has 1 unspecified atom stereocenters. The molecule has 1 atom stereocenters. The molecular weight excluding hydrogens is 216 g/mol. The van der Waals surface area contributed by atoms with Gasteiger partial charge < -0.3 is 11.1 Å². The third-order valence-corrected chi connectivity index (χ3v) is 4.50. The predicted molar refractivity (Wildman–Crippen MR) is 57.5 cm³/mol. The molecule has 1 saturated carbocycles. The molecule has 0 aromatic heterocycles. The third kappa shape index (κ3) is 2.67. The first kappa shape index (κ1) is 11.3. The van der Waals surface area contributed by atoms with Crippen LogP contribution in [-0.2, 0) is 10.2 Å². The fraction of sp³-hybridized carbons (Fsp3) is 1.00. The molecule has 0 amide bonds. The average molecular weight is 234 g/mol. The summed E-state index contributed by atoms with van der Waals surface area (Å²) >= 11 is 0. The summed E-state index contributed by atoms with van der Waals surface area (Å²) in [6.45, 7) is 2.20. The highest BCUT2D eigenvalue weighted by Crippen LogP contribution is 2.21. The average Bonchev–Trinajstić information content (AvgIpc) is 3.01. The first-order chi connectivity index (χ1) is 7.13. The van der Waals surface area contributed by atoms with Crippen molar-refractivity contribution in [2.75, 3.05) is 26.2 Å². The molecule has 2 fully saturated rings. The normalized spacial score (nSPS) is 29.3. The van der Waals surface area contributed by atoms with Crippen LogP contribution in [-0.4, -0.2) is 51.0 Å². The Morgan fingerprint density at radius 2 is 2.20 bits per heavy atom. The SMILES string of the molecule is NCC1CNCCN1S(=O)(=O)NC1CC1. The van der Waals surface area contributed by atoms with E-state index in [9.17, 15) is 8.42 Å².